The molecule has 3 atom stereocenters. The van der Waals surface area contributed by atoms with Crippen LogP contribution in [0.25, 0.3) is 67.7 Å². The van der Waals surface area contributed by atoms with E-state index in [9.17, 15) is 24.6 Å². The van der Waals surface area contributed by atoms with Gasteiger partial charge in [0.25, 0.3) is 6.47 Å². The average molecular weight is 1670 g/mol. The topological polar surface area (TPSA) is 286 Å². The molecule has 0 aliphatic heterocycles. The minimum Gasteiger partial charge on any atom is -1.00 e. The van der Waals surface area contributed by atoms with Crippen molar-refractivity contribution >= 4 is 108 Å². The van der Waals surface area contributed by atoms with E-state index in [1.807, 2.05) is 121 Å². The molecule has 19 nitrogen and oxygen atoms in total. The van der Waals surface area contributed by atoms with Crippen LogP contribution in [0.3, 0.4) is 0 Å². The third-order valence-corrected chi connectivity index (χ3v) is 17.0. The summed E-state index contributed by atoms with van der Waals surface area (Å²) in [7, 11) is 0. The second-order valence-electron chi connectivity index (χ2n) is 25.9. The molecule has 12 rings (SSSR count). The fourth-order valence-corrected chi connectivity index (χ4v) is 10.9. The monoisotopic (exact) mass is 1670 g/mol. The normalized spacial score (nSPS) is 11.2. The standard InChI is InChI=1S/C27H26ClNO4.C25H22ClNO4.C14H19BrO2.C13H8ClNO2.CH2O3.4CH4.2K.Li.H2O.H/c1-5-31-26(30)24(17-10-12-18(13-11-17)27(2,3)4)32-22-15-14-19(28)16-20(22)25-29-21-8-6-7-9-23(21)33-25;1-25(2,3)16-10-8-15(9-11-16)22(24(28)29)30-20-13-12-17(26)14-18(20)23-27-19-6-4-5-7-21(19)31-23;1-5-17-13(16)12(15)10-6-8-11(9-7-10)14(2,3)4;14-8-5-6-11(16)9(7-8)13-15-10-3-1-2-4-12(10)17-13;2-1-4-3;;;;;;;;;/h6-16,24H,5H2,1-4H3;4-14,22H,1-3H3,(H,28,29);6-9,12H,5H2,1-4H3;1-7,16H;1,3H;4*1H4;;;;1H2;/q;;;;;;;;;3*+1;;-1/p-2. The Hall–Kier alpha value is -6.19. The Kier molecular flexibility index (Phi) is 45.4. The molecule has 110 heavy (non-hydrogen) atoms. The van der Waals surface area contributed by atoms with Gasteiger partial charge in [0.15, 0.2) is 16.7 Å². The van der Waals surface area contributed by atoms with Gasteiger partial charge in [-0.1, -0.05) is 252 Å². The number of hydrogen-bond acceptors (Lipinski definition) is 18. The van der Waals surface area contributed by atoms with Gasteiger partial charge in [-0.2, -0.15) is 0 Å². The van der Waals surface area contributed by atoms with Gasteiger partial charge >= 0.3 is 140 Å². The third-order valence-electron chi connectivity index (χ3n) is 15.4. The van der Waals surface area contributed by atoms with Crippen LogP contribution in [-0.4, -0.2) is 68.2 Å². The Labute approximate surface area is 766 Å². The SMILES string of the molecule is C.C.C.C.CC(C)(C)c1ccc(C(Oc2ccc(Cl)cc2-c2nc3ccccc3o2)C(=O)O)cc1.CCOC(=O)C(Br)c1ccc(C(C)(C)C)cc1.CCOC(=O)C(Oc1ccc(Cl)cc1-c1nc2ccccc2o1)c1ccc(C(C)(C)C)cc1.O=CO[O-].Oc1ccc(Cl)cc1-c1nc2ccccc2o1.[H-].[K+].[K+].[Li+].[OH-]. The molecule has 0 spiro atoms. The molecule has 572 valence electrons. The predicted molar refractivity (Wildman–Crippen MR) is 427 cm³/mol. The molecule has 0 bridgehead atoms. The summed E-state index contributed by atoms with van der Waals surface area (Å²) in [5, 5.41) is 29.5. The van der Waals surface area contributed by atoms with E-state index in [1.54, 1.807) is 74.5 Å². The number of esters is 2. The first kappa shape index (κ1) is 104. The number of para-hydroxylation sites is 6. The van der Waals surface area contributed by atoms with Crippen LogP contribution in [0.2, 0.25) is 15.1 Å². The predicted octanol–water partition coefficient (Wildman–Crippen LogP) is 13.5. The number of fused-ring (bicyclic) bond motifs is 3. The van der Waals surface area contributed by atoms with Crippen LogP contribution in [0.15, 0.2) is 213 Å². The summed E-state index contributed by atoms with van der Waals surface area (Å²) >= 11 is 21.7. The zero-order valence-electron chi connectivity index (χ0n) is 62.3. The number of hydrogen-bond donors (Lipinski definition) is 2. The van der Waals surface area contributed by atoms with Gasteiger partial charge in [0.2, 0.25) is 29.9 Å². The average Bonchev–Trinajstić information content (AvgIpc) is 1.78. The van der Waals surface area contributed by atoms with Gasteiger partial charge in [0, 0.05) is 26.2 Å². The summed E-state index contributed by atoms with van der Waals surface area (Å²) < 4.78 is 39.8. The summed E-state index contributed by atoms with van der Waals surface area (Å²) in [5.74, 6) is 0.0714. The maximum Gasteiger partial charge on any atom is 1.00 e. The Balaban J connectivity index is 0. The van der Waals surface area contributed by atoms with Gasteiger partial charge in [0.05, 0.1) is 29.9 Å². The number of benzene rings is 9. The maximum absolute atomic E-state index is 12.9. The number of carbonyl (C=O) groups is 4. The zero-order valence-corrected chi connectivity index (χ0v) is 71.4. The van der Waals surface area contributed by atoms with E-state index >= 15 is 0 Å². The number of aromatic nitrogens is 3. The van der Waals surface area contributed by atoms with Crippen molar-refractivity contribution in [2.45, 2.75) is 139 Å². The van der Waals surface area contributed by atoms with E-state index in [0.717, 1.165) is 27.7 Å². The van der Waals surface area contributed by atoms with E-state index in [2.05, 4.69) is 110 Å². The molecular weight excluding hydrogens is 1580 g/mol. The summed E-state index contributed by atoms with van der Waals surface area (Å²) in [4.78, 5) is 60.7. The Bertz CT molecular complexity index is 4740. The quantitative estimate of drug-likeness (QED) is 0.0227. The molecule has 9 aromatic carbocycles. The number of ether oxygens (including phenoxy) is 4. The van der Waals surface area contributed by atoms with E-state index in [1.165, 1.54) is 11.6 Å². The Morgan fingerprint density at radius 3 is 1.12 bits per heavy atom. The van der Waals surface area contributed by atoms with Crippen LogP contribution in [0, 0.1) is 0 Å². The fraction of sp³-hybridized carbons (Fsp3) is 0.274. The Morgan fingerprint density at radius 2 is 0.791 bits per heavy atom. The van der Waals surface area contributed by atoms with E-state index in [4.69, 9.17) is 77.1 Å². The van der Waals surface area contributed by atoms with Crippen LogP contribution in [0.4, 0.5) is 0 Å². The number of oxazole rings is 3. The van der Waals surface area contributed by atoms with Gasteiger partial charge in [0.1, 0.15) is 38.6 Å². The van der Waals surface area contributed by atoms with Crippen molar-refractivity contribution in [3.63, 3.8) is 0 Å². The first-order valence-electron chi connectivity index (χ1n) is 32.2. The van der Waals surface area contributed by atoms with E-state index in [-0.39, 0.29) is 204 Å². The number of carbonyl (C=O) groups excluding carboxylic acids is 3. The number of carboxylic acid groups (broad SMARTS) is 1. The van der Waals surface area contributed by atoms with Crippen LogP contribution in [-0.2, 0) is 49.8 Å². The Morgan fingerprint density at radius 1 is 0.491 bits per heavy atom. The van der Waals surface area contributed by atoms with Crippen molar-refractivity contribution in [1.29, 1.82) is 0 Å². The second-order valence-corrected chi connectivity index (χ2v) is 28.1. The second kappa shape index (κ2) is 48.1. The van der Waals surface area contributed by atoms with E-state index < -0.39 is 24.1 Å². The van der Waals surface area contributed by atoms with Crippen molar-refractivity contribution in [3.05, 3.63) is 249 Å². The molecule has 0 saturated carbocycles. The van der Waals surface area contributed by atoms with Gasteiger partial charge in [-0.05, 0) is 143 Å². The molecular formula is C84H94BrCl3K2LiN3O16. The van der Waals surface area contributed by atoms with Crippen molar-refractivity contribution < 1.29 is 200 Å². The summed E-state index contributed by atoms with van der Waals surface area (Å²) in [6, 6.07) is 60.4. The van der Waals surface area contributed by atoms with Crippen molar-refractivity contribution in [2.24, 2.45) is 0 Å². The number of phenols is 1. The van der Waals surface area contributed by atoms with E-state index in [0.29, 0.717) is 101 Å². The first-order chi connectivity index (χ1) is 48.5. The van der Waals surface area contributed by atoms with Gasteiger partial charge in [-0.15, -0.1) is 0 Å². The molecule has 3 unspecified atom stereocenters. The summed E-state index contributed by atoms with van der Waals surface area (Å²) in [6.45, 7) is 23.3. The number of phenolic OH excluding ortho intramolecular Hbond substituents is 1. The minimum atomic E-state index is -1.20. The molecule has 0 aliphatic carbocycles. The largest absolute Gasteiger partial charge is 1.00 e. The minimum absolute atomic E-state index is 0. The number of alkyl halides is 1. The molecule has 26 heteroatoms. The third kappa shape index (κ3) is 29.0. The smallest absolute Gasteiger partial charge is 1.00 e. The van der Waals surface area contributed by atoms with Crippen LogP contribution in [0.1, 0.15) is 158 Å². The number of carboxylic acids is 1. The van der Waals surface area contributed by atoms with Crippen LogP contribution < -0.4 is 136 Å². The number of rotatable bonds is 16. The maximum atomic E-state index is 12.9. The number of halogens is 4. The molecule has 0 radical (unpaired) electrons. The summed E-state index contributed by atoms with van der Waals surface area (Å²) in [6.07, 6.45) is -2.15. The molecule has 3 heterocycles. The molecule has 0 aliphatic rings. The number of aromatic hydroxyl groups is 1. The van der Waals surface area contributed by atoms with Crippen LogP contribution in [0.5, 0.6) is 17.2 Å². The molecule has 12 aromatic rings. The molecule has 3 aromatic heterocycles. The van der Waals surface area contributed by atoms with Gasteiger partial charge in [-0.25, -0.2) is 24.5 Å². The molecule has 0 fully saturated rings. The summed E-state index contributed by atoms with van der Waals surface area (Å²) in [5.41, 5.74) is 11.4. The number of aliphatic carboxylic acids is 1. The van der Waals surface area contributed by atoms with Gasteiger partial charge in [-0.3, -0.25) is 9.59 Å². The van der Waals surface area contributed by atoms with Crippen molar-refractivity contribution in [3.8, 4) is 51.6 Å². The number of nitrogens with zero attached hydrogens (tertiary/aromatic N) is 3. The first-order valence-corrected chi connectivity index (χ1v) is 34.3. The van der Waals surface area contributed by atoms with Crippen molar-refractivity contribution in [2.75, 3.05) is 13.2 Å². The molecule has 3 N–H and O–H groups in total. The van der Waals surface area contributed by atoms with Crippen LogP contribution >= 0.6 is 50.7 Å². The molecule has 0 saturated heterocycles. The molecule has 0 amide bonds. The van der Waals surface area contributed by atoms with Gasteiger partial charge < -0.3 is 59.5 Å². The zero-order chi connectivity index (χ0) is 74.1. The van der Waals surface area contributed by atoms with Crippen molar-refractivity contribution in [1.82, 2.24) is 15.0 Å². The fourth-order valence-electron chi connectivity index (χ4n) is 9.99.